The second-order valence-corrected chi connectivity index (χ2v) is 5.49. The summed E-state index contributed by atoms with van der Waals surface area (Å²) in [6.45, 7) is 5.47. The highest BCUT2D eigenvalue weighted by atomic mass is 19.1. The summed E-state index contributed by atoms with van der Waals surface area (Å²) >= 11 is 0. The molecule has 1 aromatic carbocycles. The third kappa shape index (κ3) is 2.60. The lowest BCUT2D eigenvalue weighted by Crippen LogP contribution is -2.51. The number of aliphatic hydroxyl groups is 1. The molecule has 0 radical (unpaired) electrons. The van der Waals surface area contributed by atoms with Gasteiger partial charge >= 0.3 is 0 Å². The number of hydrogen-bond donors (Lipinski definition) is 1. The van der Waals surface area contributed by atoms with E-state index in [1.54, 1.807) is 0 Å². The number of hydrogen-bond acceptors (Lipinski definition) is 2. The Morgan fingerprint density at radius 3 is 2.59 bits per heavy atom. The van der Waals surface area contributed by atoms with Crippen LogP contribution in [0.15, 0.2) is 24.3 Å². The fourth-order valence-corrected chi connectivity index (χ4v) is 2.51. The van der Waals surface area contributed by atoms with Gasteiger partial charge < -0.3 is 10.0 Å². The highest BCUT2D eigenvalue weighted by molar-refractivity contribution is 5.49. The number of benzene rings is 1. The van der Waals surface area contributed by atoms with Gasteiger partial charge in [0.1, 0.15) is 5.82 Å². The fourth-order valence-electron chi connectivity index (χ4n) is 2.51. The van der Waals surface area contributed by atoms with Crippen LogP contribution in [-0.4, -0.2) is 23.8 Å². The number of piperidine rings is 1. The summed E-state index contributed by atoms with van der Waals surface area (Å²) in [6, 6.07) is 6.62. The molecule has 1 aromatic rings. The van der Waals surface area contributed by atoms with Crippen molar-refractivity contribution < 1.29 is 9.50 Å². The standard InChI is InChI=1S/C14H20FNO/c1-14(2)8-7-11(10-17)9-16(14)13-5-3-12(15)4-6-13/h3-6,11,17H,7-10H2,1-2H3. The fraction of sp³-hybridized carbons (Fsp3) is 0.571. The number of nitrogens with zero attached hydrogens (tertiary/aromatic N) is 1. The second kappa shape index (κ2) is 4.65. The minimum atomic E-state index is -0.206. The van der Waals surface area contributed by atoms with Gasteiger partial charge in [-0.1, -0.05) is 0 Å². The highest BCUT2D eigenvalue weighted by Crippen LogP contribution is 2.34. The van der Waals surface area contributed by atoms with Crippen LogP contribution >= 0.6 is 0 Å². The van der Waals surface area contributed by atoms with Crippen molar-refractivity contribution in [1.29, 1.82) is 0 Å². The molecular weight excluding hydrogens is 217 g/mol. The zero-order valence-corrected chi connectivity index (χ0v) is 10.5. The molecule has 1 N–H and O–H groups in total. The van der Waals surface area contributed by atoms with Crippen molar-refractivity contribution in [1.82, 2.24) is 0 Å². The Morgan fingerprint density at radius 2 is 2.00 bits per heavy atom. The monoisotopic (exact) mass is 237 g/mol. The van der Waals surface area contributed by atoms with E-state index in [4.69, 9.17) is 0 Å². The van der Waals surface area contributed by atoms with Crippen LogP contribution in [0.2, 0.25) is 0 Å². The Balaban J connectivity index is 2.23. The van der Waals surface area contributed by atoms with Crippen molar-refractivity contribution in [3.8, 4) is 0 Å². The van der Waals surface area contributed by atoms with Crippen LogP contribution in [0, 0.1) is 11.7 Å². The minimum absolute atomic E-state index is 0.0729. The molecule has 1 aliphatic heterocycles. The van der Waals surface area contributed by atoms with Crippen molar-refractivity contribution in [2.45, 2.75) is 32.2 Å². The quantitative estimate of drug-likeness (QED) is 0.855. The van der Waals surface area contributed by atoms with Crippen LogP contribution in [0.1, 0.15) is 26.7 Å². The molecule has 3 heteroatoms. The Bertz CT molecular complexity index is 374. The first-order valence-electron chi connectivity index (χ1n) is 6.17. The predicted molar refractivity (Wildman–Crippen MR) is 67.6 cm³/mol. The van der Waals surface area contributed by atoms with Crippen LogP contribution in [0.25, 0.3) is 0 Å². The first kappa shape index (κ1) is 12.4. The Labute approximate surface area is 102 Å². The molecule has 0 aromatic heterocycles. The smallest absolute Gasteiger partial charge is 0.123 e. The molecule has 94 valence electrons. The molecule has 1 unspecified atom stereocenters. The average Bonchev–Trinajstić information content (AvgIpc) is 2.30. The summed E-state index contributed by atoms with van der Waals surface area (Å²) in [4.78, 5) is 2.27. The van der Waals surface area contributed by atoms with Crippen molar-refractivity contribution in [2.24, 2.45) is 5.92 Å². The van der Waals surface area contributed by atoms with Crippen molar-refractivity contribution >= 4 is 5.69 Å². The predicted octanol–water partition coefficient (Wildman–Crippen LogP) is 2.81. The lowest BCUT2D eigenvalue weighted by atomic mass is 9.84. The third-order valence-corrected chi connectivity index (χ3v) is 3.73. The Kier molecular flexibility index (Phi) is 3.38. The topological polar surface area (TPSA) is 23.5 Å². The van der Waals surface area contributed by atoms with E-state index in [9.17, 15) is 9.50 Å². The zero-order valence-electron chi connectivity index (χ0n) is 10.5. The maximum atomic E-state index is 12.9. The first-order chi connectivity index (χ1) is 8.03. The molecule has 0 saturated carbocycles. The van der Waals surface area contributed by atoms with Gasteiger partial charge in [0.05, 0.1) is 0 Å². The van der Waals surface area contributed by atoms with Gasteiger partial charge in [-0.25, -0.2) is 4.39 Å². The van der Waals surface area contributed by atoms with E-state index in [0.29, 0.717) is 5.92 Å². The molecule has 1 heterocycles. The highest BCUT2D eigenvalue weighted by Gasteiger charge is 2.33. The second-order valence-electron chi connectivity index (χ2n) is 5.49. The third-order valence-electron chi connectivity index (χ3n) is 3.73. The molecule has 1 fully saturated rings. The van der Waals surface area contributed by atoms with E-state index < -0.39 is 0 Å². The minimum Gasteiger partial charge on any atom is -0.396 e. The van der Waals surface area contributed by atoms with E-state index >= 15 is 0 Å². The van der Waals surface area contributed by atoms with Crippen molar-refractivity contribution in [3.05, 3.63) is 30.1 Å². The van der Waals surface area contributed by atoms with E-state index in [-0.39, 0.29) is 18.0 Å². The van der Waals surface area contributed by atoms with Crippen LogP contribution in [-0.2, 0) is 0 Å². The van der Waals surface area contributed by atoms with E-state index in [1.807, 2.05) is 12.1 Å². The summed E-state index contributed by atoms with van der Waals surface area (Å²) < 4.78 is 12.9. The van der Waals surface area contributed by atoms with Gasteiger partial charge in [-0.15, -0.1) is 0 Å². The van der Waals surface area contributed by atoms with E-state index in [0.717, 1.165) is 25.1 Å². The normalized spacial score (nSPS) is 23.8. The molecule has 0 aliphatic carbocycles. The van der Waals surface area contributed by atoms with Gasteiger partial charge in [0.15, 0.2) is 0 Å². The van der Waals surface area contributed by atoms with Gasteiger partial charge in [0.2, 0.25) is 0 Å². The Morgan fingerprint density at radius 1 is 1.35 bits per heavy atom. The lowest BCUT2D eigenvalue weighted by Gasteiger charge is -2.47. The number of anilines is 1. The summed E-state index contributed by atoms with van der Waals surface area (Å²) in [5.74, 6) is 0.121. The molecule has 0 spiro atoms. The molecule has 2 rings (SSSR count). The molecule has 2 nitrogen and oxygen atoms in total. The molecule has 1 aliphatic rings. The van der Waals surface area contributed by atoms with Crippen LogP contribution in [0.5, 0.6) is 0 Å². The van der Waals surface area contributed by atoms with E-state index in [1.165, 1.54) is 12.1 Å². The molecule has 17 heavy (non-hydrogen) atoms. The summed E-state index contributed by atoms with van der Waals surface area (Å²) in [6.07, 6.45) is 2.11. The molecule has 0 amide bonds. The Hall–Kier alpha value is -1.09. The van der Waals surface area contributed by atoms with Gasteiger partial charge in [0.25, 0.3) is 0 Å². The molecule has 1 saturated heterocycles. The summed E-state index contributed by atoms with van der Waals surface area (Å²) in [5.41, 5.74) is 1.11. The van der Waals surface area contributed by atoms with Gasteiger partial charge in [-0.05, 0) is 56.9 Å². The number of halogens is 1. The SMILES string of the molecule is CC1(C)CCC(CO)CN1c1ccc(F)cc1. The summed E-state index contributed by atoms with van der Waals surface area (Å²) in [7, 11) is 0. The summed E-state index contributed by atoms with van der Waals surface area (Å²) in [5, 5.41) is 9.28. The van der Waals surface area contributed by atoms with Gasteiger partial charge in [-0.2, -0.15) is 0 Å². The number of rotatable bonds is 2. The number of aliphatic hydroxyl groups excluding tert-OH is 1. The van der Waals surface area contributed by atoms with Crippen LogP contribution in [0.3, 0.4) is 0 Å². The van der Waals surface area contributed by atoms with Crippen molar-refractivity contribution in [3.63, 3.8) is 0 Å². The lowest BCUT2D eigenvalue weighted by molar-refractivity contribution is 0.181. The molecule has 1 atom stereocenters. The van der Waals surface area contributed by atoms with Gasteiger partial charge in [0, 0.05) is 24.4 Å². The maximum absolute atomic E-state index is 12.9. The van der Waals surface area contributed by atoms with Crippen molar-refractivity contribution in [2.75, 3.05) is 18.1 Å². The zero-order chi connectivity index (χ0) is 12.5. The van der Waals surface area contributed by atoms with Crippen LogP contribution in [0.4, 0.5) is 10.1 Å². The largest absolute Gasteiger partial charge is 0.396 e. The molecular formula is C14H20FNO. The van der Waals surface area contributed by atoms with Gasteiger partial charge in [-0.3, -0.25) is 0 Å². The van der Waals surface area contributed by atoms with E-state index in [2.05, 4.69) is 18.7 Å². The first-order valence-corrected chi connectivity index (χ1v) is 6.17. The maximum Gasteiger partial charge on any atom is 0.123 e. The average molecular weight is 237 g/mol. The van der Waals surface area contributed by atoms with Crippen LogP contribution < -0.4 is 4.90 Å². The molecule has 0 bridgehead atoms.